The lowest BCUT2D eigenvalue weighted by molar-refractivity contribution is 0.0957. The van der Waals surface area contributed by atoms with Crippen molar-refractivity contribution in [1.29, 1.82) is 0 Å². The molecule has 6 heteroatoms. The van der Waals surface area contributed by atoms with Crippen molar-refractivity contribution in [3.8, 4) is 0 Å². The van der Waals surface area contributed by atoms with Crippen molar-refractivity contribution in [3.63, 3.8) is 0 Å². The summed E-state index contributed by atoms with van der Waals surface area (Å²) in [6.45, 7) is 6.06. The van der Waals surface area contributed by atoms with Gasteiger partial charge in [0.15, 0.2) is 0 Å². The zero-order valence-electron chi connectivity index (χ0n) is 11.4. The summed E-state index contributed by atoms with van der Waals surface area (Å²) < 4.78 is 33.1. The Hall–Kier alpha value is -1.11. The first kappa shape index (κ1) is 14.3. The first-order valence-corrected chi connectivity index (χ1v) is 7.75. The maximum absolute atomic E-state index is 12.5. The van der Waals surface area contributed by atoms with Crippen LogP contribution in [0.2, 0.25) is 0 Å². The Labute approximate surface area is 114 Å². The highest BCUT2D eigenvalue weighted by Gasteiger charge is 2.40. The molecule has 2 unspecified atom stereocenters. The summed E-state index contributed by atoms with van der Waals surface area (Å²) in [6.07, 6.45) is 0.526. The van der Waals surface area contributed by atoms with Gasteiger partial charge in [0.05, 0.1) is 16.5 Å². The highest BCUT2D eigenvalue weighted by atomic mass is 32.2. The van der Waals surface area contributed by atoms with Gasteiger partial charge in [0, 0.05) is 12.3 Å². The molecule has 2 atom stereocenters. The second kappa shape index (κ2) is 4.77. The molecule has 0 spiro atoms. The van der Waals surface area contributed by atoms with E-state index in [4.69, 9.17) is 10.5 Å². The number of nitrogens with two attached hydrogens (primary N) is 1. The molecule has 1 aliphatic heterocycles. The predicted octanol–water partition coefficient (Wildman–Crippen LogP) is 1.42. The van der Waals surface area contributed by atoms with Gasteiger partial charge < -0.3 is 10.5 Å². The van der Waals surface area contributed by atoms with Gasteiger partial charge in [-0.15, -0.1) is 0 Å². The van der Waals surface area contributed by atoms with Crippen molar-refractivity contribution in [2.24, 2.45) is 0 Å². The minimum Gasteiger partial charge on any atom is -0.399 e. The molecular weight excluding hydrogens is 264 g/mol. The first-order chi connectivity index (χ1) is 8.74. The number of sulfonamides is 1. The summed E-state index contributed by atoms with van der Waals surface area (Å²) in [5, 5.41) is 0. The van der Waals surface area contributed by atoms with Gasteiger partial charge in [0.1, 0.15) is 0 Å². The van der Waals surface area contributed by atoms with Crippen LogP contribution in [-0.4, -0.2) is 26.7 Å². The van der Waals surface area contributed by atoms with Crippen molar-refractivity contribution < 1.29 is 13.2 Å². The molecule has 0 bridgehead atoms. The van der Waals surface area contributed by atoms with Crippen LogP contribution in [-0.2, 0) is 14.8 Å². The van der Waals surface area contributed by atoms with Crippen molar-refractivity contribution in [2.75, 3.05) is 12.3 Å². The number of hydrogen-bond donors (Lipinski definition) is 2. The van der Waals surface area contributed by atoms with Gasteiger partial charge in [-0.05, 0) is 51.0 Å². The van der Waals surface area contributed by atoms with Crippen LogP contribution in [0.25, 0.3) is 0 Å². The molecule has 106 valence electrons. The van der Waals surface area contributed by atoms with Gasteiger partial charge in [-0.2, -0.15) is 0 Å². The average Bonchev–Trinajstić information content (AvgIpc) is 2.57. The zero-order valence-corrected chi connectivity index (χ0v) is 12.3. The first-order valence-electron chi connectivity index (χ1n) is 6.26. The standard InChI is InChI=1S/C13H20N2O3S/c1-9-8-11(14)4-5-12(9)19(16,17)15-13(3)6-7-18-10(13)2/h4-5,8,10,15H,6-7,14H2,1-3H3. The van der Waals surface area contributed by atoms with E-state index in [1.807, 2.05) is 13.8 Å². The Morgan fingerprint density at radius 2 is 2.16 bits per heavy atom. The van der Waals surface area contributed by atoms with Gasteiger partial charge in [-0.1, -0.05) is 0 Å². The van der Waals surface area contributed by atoms with Crippen molar-refractivity contribution in [2.45, 2.75) is 43.7 Å². The Bertz CT molecular complexity index is 586. The Balaban J connectivity index is 2.33. The lowest BCUT2D eigenvalue weighted by Crippen LogP contribution is -2.50. The normalized spacial score (nSPS) is 27.6. The van der Waals surface area contributed by atoms with Gasteiger partial charge in [-0.25, -0.2) is 13.1 Å². The molecule has 2 rings (SSSR count). The number of anilines is 1. The number of aryl methyl sites for hydroxylation is 1. The molecule has 3 N–H and O–H groups in total. The van der Waals surface area contributed by atoms with E-state index < -0.39 is 15.6 Å². The largest absolute Gasteiger partial charge is 0.399 e. The maximum Gasteiger partial charge on any atom is 0.241 e. The predicted molar refractivity (Wildman–Crippen MR) is 74.3 cm³/mol. The molecule has 19 heavy (non-hydrogen) atoms. The van der Waals surface area contributed by atoms with Crippen molar-refractivity contribution in [3.05, 3.63) is 23.8 Å². The molecule has 5 nitrogen and oxygen atoms in total. The van der Waals surface area contributed by atoms with E-state index >= 15 is 0 Å². The number of rotatable bonds is 3. The lowest BCUT2D eigenvalue weighted by atomic mass is 9.97. The molecule has 0 amide bonds. The average molecular weight is 284 g/mol. The number of ether oxygens (including phenoxy) is 1. The Kier molecular flexibility index (Phi) is 3.59. The van der Waals surface area contributed by atoms with Gasteiger partial charge >= 0.3 is 0 Å². The van der Waals surface area contributed by atoms with Crippen LogP contribution < -0.4 is 10.5 Å². The molecule has 1 aromatic carbocycles. The second-order valence-electron chi connectivity index (χ2n) is 5.31. The van der Waals surface area contributed by atoms with Gasteiger partial charge in [0.2, 0.25) is 10.0 Å². The smallest absolute Gasteiger partial charge is 0.241 e. The topological polar surface area (TPSA) is 81.4 Å². The van der Waals surface area contributed by atoms with Crippen molar-refractivity contribution in [1.82, 2.24) is 4.72 Å². The summed E-state index contributed by atoms with van der Waals surface area (Å²) in [7, 11) is -3.57. The highest BCUT2D eigenvalue weighted by Crippen LogP contribution is 2.28. The lowest BCUT2D eigenvalue weighted by Gasteiger charge is -2.28. The maximum atomic E-state index is 12.5. The van der Waals surface area contributed by atoms with Crippen LogP contribution in [0.3, 0.4) is 0 Å². The number of nitrogens with one attached hydrogen (secondary N) is 1. The van der Waals surface area contributed by atoms with Gasteiger partial charge in [0.25, 0.3) is 0 Å². The van der Waals surface area contributed by atoms with Crippen LogP contribution >= 0.6 is 0 Å². The fourth-order valence-corrected chi connectivity index (χ4v) is 4.03. The Morgan fingerprint density at radius 1 is 1.47 bits per heavy atom. The molecule has 1 aliphatic rings. The van der Waals surface area contributed by atoms with E-state index in [2.05, 4.69) is 4.72 Å². The van der Waals surface area contributed by atoms with Crippen LogP contribution in [0.4, 0.5) is 5.69 Å². The van der Waals surface area contributed by atoms with Crippen molar-refractivity contribution >= 4 is 15.7 Å². The van der Waals surface area contributed by atoms with E-state index in [1.165, 1.54) is 6.07 Å². The quantitative estimate of drug-likeness (QED) is 0.823. The fraction of sp³-hybridized carbons (Fsp3) is 0.538. The summed E-state index contributed by atoms with van der Waals surface area (Å²) >= 11 is 0. The molecule has 0 aliphatic carbocycles. The van der Waals surface area contributed by atoms with Crippen LogP contribution in [0.5, 0.6) is 0 Å². The van der Waals surface area contributed by atoms with Crippen LogP contribution in [0, 0.1) is 6.92 Å². The zero-order chi connectivity index (χ0) is 14.3. The van der Waals surface area contributed by atoms with Crippen LogP contribution in [0.15, 0.2) is 23.1 Å². The summed E-state index contributed by atoms with van der Waals surface area (Å²) in [4.78, 5) is 0.266. The fourth-order valence-electron chi connectivity index (χ4n) is 2.30. The van der Waals surface area contributed by atoms with Crippen LogP contribution in [0.1, 0.15) is 25.8 Å². The molecule has 0 radical (unpaired) electrons. The number of hydrogen-bond acceptors (Lipinski definition) is 4. The third-order valence-corrected chi connectivity index (χ3v) is 5.51. The molecule has 1 saturated heterocycles. The Morgan fingerprint density at radius 3 is 2.68 bits per heavy atom. The third kappa shape index (κ3) is 2.75. The monoisotopic (exact) mass is 284 g/mol. The SMILES string of the molecule is Cc1cc(N)ccc1S(=O)(=O)NC1(C)CCOC1C. The summed E-state index contributed by atoms with van der Waals surface area (Å²) in [5.41, 5.74) is 6.28. The van der Waals surface area contributed by atoms with E-state index in [0.717, 1.165) is 0 Å². The molecule has 1 aromatic rings. The number of benzene rings is 1. The molecular formula is C13H20N2O3S. The van der Waals surface area contributed by atoms with E-state index in [9.17, 15) is 8.42 Å². The van der Waals surface area contributed by atoms with E-state index in [0.29, 0.717) is 24.3 Å². The molecule has 1 heterocycles. The molecule has 0 aromatic heterocycles. The molecule has 1 fully saturated rings. The second-order valence-corrected chi connectivity index (χ2v) is 6.96. The minimum absolute atomic E-state index is 0.142. The molecule has 0 saturated carbocycles. The minimum atomic E-state index is -3.57. The summed E-state index contributed by atoms with van der Waals surface area (Å²) in [6, 6.07) is 4.79. The third-order valence-electron chi connectivity index (χ3n) is 3.74. The van der Waals surface area contributed by atoms with E-state index in [1.54, 1.807) is 19.1 Å². The summed E-state index contributed by atoms with van der Waals surface area (Å²) in [5.74, 6) is 0. The highest BCUT2D eigenvalue weighted by molar-refractivity contribution is 7.89. The van der Waals surface area contributed by atoms with E-state index in [-0.39, 0.29) is 11.0 Å². The number of nitrogen functional groups attached to an aromatic ring is 1. The van der Waals surface area contributed by atoms with Gasteiger partial charge in [-0.3, -0.25) is 0 Å².